The topological polar surface area (TPSA) is 81.7 Å². The number of rotatable bonds is 7. The first-order chi connectivity index (χ1) is 14.1. The average Bonchev–Trinajstić information content (AvgIpc) is 2.95. The molecule has 8 heteroatoms. The van der Waals surface area contributed by atoms with Crippen LogP contribution in [0.3, 0.4) is 0 Å². The molecule has 0 fully saturated rings. The summed E-state index contributed by atoms with van der Waals surface area (Å²) in [6, 6.07) is 7.02. The van der Waals surface area contributed by atoms with E-state index in [1.807, 2.05) is 0 Å². The van der Waals surface area contributed by atoms with Gasteiger partial charge in [-0.2, -0.15) is 0 Å². The van der Waals surface area contributed by atoms with Crippen molar-refractivity contribution in [3.63, 3.8) is 0 Å². The predicted molar refractivity (Wildman–Crippen MR) is 119 cm³/mol. The molecular weight excluding hydrogens is 426 g/mol. The van der Waals surface area contributed by atoms with E-state index in [1.165, 1.54) is 6.08 Å². The van der Waals surface area contributed by atoms with Gasteiger partial charge in [0.15, 0.2) is 0 Å². The van der Waals surface area contributed by atoms with Gasteiger partial charge in [0, 0.05) is 11.1 Å². The highest BCUT2D eigenvalue weighted by Gasteiger charge is 2.28. The number of ether oxygens (including phenoxy) is 2. The first-order valence-electron chi connectivity index (χ1n) is 9.38. The molecule has 2 rings (SSSR count). The zero-order valence-electron chi connectivity index (χ0n) is 17.4. The van der Waals surface area contributed by atoms with Crippen LogP contribution in [0.4, 0.5) is 5.00 Å². The van der Waals surface area contributed by atoms with E-state index < -0.39 is 17.8 Å². The number of anilines is 1. The summed E-state index contributed by atoms with van der Waals surface area (Å²) in [5.41, 5.74) is 1.31. The number of benzene rings is 1. The fourth-order valence-electron chi connectivity index (χ4n) is 2.52. The smallest absolute Gasteiger partial charge is 0.348 e. The van der Waals surface area contributed by atoms with Gasteiger partial charge >= 0.3 is 11.9 Å². The van der Waals surface area contributed by atoms with Crippen molar-refractivity contribution in [2.24, 2.45) is 0 Å². The van der Waals surface area contributed by atoms with E-state index in [0.29, 0.717) is 10.6 Å². The van der Waals surface area contributed by atoms with Crippen LogP contribution < -0.4 is 5.32 Å². The van der Waals surface area contributed by atoms with Gasteiger partial charge in [-0.3, -0.25) is 4.79 Å². The molecule has 1 heterocycles. The van der Waals surface area contributed by atoms with Gasteiger partial charge in [0.25, 0.3) is 0 Å². The molecule has 1 aromatic carbocycles. The Kier molecular flexibility index (Phi) is 8.20. The number of esters is 2. The van der Waals surface area contributed by atoms with Crippen LogP contribution in [0.25, 0.3) is 6.08 Å². The molecule has 0 aliphatic rings. The van der Waals surface area contributed by atoms with Gasteiger partial charge in [0.1, 0.15) is 9.88 Å². The zero-order valence-corrected chi connectivity index (χ0v) is 19.0. The Morgan fingerprint density at radius 1 is 1.07 bits per heavy atom. The van der Waals surface area contributed by atoms with E-state index in [2.05, 4.69) is 5.32 Å². The van der Waals surface area contributed by atoms with Gasteiger partial charge in [-0.15, -0.1) is 11.3 Å². The van der Waals surface area contributed by atoms with Gasteiger partial charge < -0.3 is 14.8 Å². The van der Waals surface area contributed by atoms with E-state index in [0.717, 1.165) is 16.9 Å². The molecule has 0 radical (unpaired) electrons. The Morgan fingerprint density at radius 2 is 1.70 bits per heavy atom. The molecule has 0 spiro atoms. The summed E-state index contributed by atoms with van der Waals surface area (Å²) in [5.74, 6) is -1.63. The number of nitrogens with one attached hydrogen (secondary N) is 1. The number of carbonyl (C=O) groups excluding carboxylic acids is 3. The van der Waals surface area contributed by atoms with E-state index in [9.17, 15) is 14.4 Å². The Hall–Kier alpha value is -2.64. The normalized spacial score (nSPS) is 11.2. The highest BCUT2D eigenvalue weighted by Crippen LogP contribution is 2.34. The third-order valence-electron chi connectivity index (χ3n) is 3.73. The maximum atomic E-state index is 12.6. The minimum absolute atomic E-state index is 0.147. The van der Waals surface area contributed by atoms with Crippen LogP contribution in [0, 0.1) is 6.92 Å². The van der Waals surface area contributed by atoms with Gasteiger partial charge in [0.05, 0.1) is 17.8 Å². The molecule has 2 aromatic rings. The molecule has 0 aliphatic carbocycles. The van der Waals surface area contributed by atoms with Crippen molar-refractivity contribution in [2.45, 2.75) is 46.8 Å². The summed E-state index contributed by atoms with van der Waals surface area (Å²) in [7, 11) is 0. The summed E-state index contributed by atoms with van der Waals surface area (Å²) in [5, 5.41) is 3.46. The van der Waals surface area contributed by atoms with Crippen molar-refractivity contribution >= 4 is 51.9 Å². The first kappa shape index (κ1) is 23.6. The fraction of sp³-hybridized carbons (Fsp3) is 0.318. The van der Waals surface area contributed by atoms with Crippen molar-refractivity contribution in [3.8, 4) is 0 Å². The molecule has 0 bridgehead atoms. The molecule has 0 unspecified atom stereocenters. The van der Waals surface area contributed by atoms with Crippen molar-refractivity contribution in [1.29, 1.82) is 0 Å². The van der Waals surface area contributed by atoms with Gasteiger partial charge in [0.2, 0.25) is 5.91 Å². The number of carbonyl (C=O) groups is 3. The summed E-state index contributed by atoms with van der Waals surface area (Å²) in [6.45, 7) is 8.54. The maximum absolute atomic E-state index is 12.6. The molecule has 1 amide bonds. The third kappa shape index (κ3) is 6.43. The summed E-state index contributed by atoms with van der Waals surface area (Å²) < 4.78 is 10.5. The second kappa shape index (κ2) is 10.4. The van der Waals surface area contributed by atoms with E-state index in [-0.39, 0.29) is 27.6 Å². The minimum Gasteiger partial charge on any atom is -0.459 e. The molecule has 30 heavy (non-hydrogen) atoms. The van der Waals surface area contributed by atoms with Crippen LogP contribution in [-0.4, -0.2) is 30.1 Å². The number of hydrogen-bond acceptors (Lipinski definition) is 6. The van der Waals surface area contributed by atoms with Crippen molar-refractivity contribution in [1.82, 2.24) is 0 Å². The van der Waals surface area contributed by atoms with Crippen LogP contribution in [0.1, 0.15) is 58.9 Å². The van der Waals surface area contributed by atoms with Gasteiger partial charge in [-0.1, -0.05) is 23.7 Å². The quantitative estimate of drug-likeness (QED) is 0.446. The van der Waals surface area contributed by atoms with Gasteiger partial charge in [-0.05, 0) is 64.0 Å². The van der Waals surface area contributed by atoms with Crippen molar-refractivity contribution in [3.05, 3.63) is 56.9 Å². The van der Waals surface area contributed by atoms with E-state index >= 15 is 0 Å². The Morgan fingerprint density at radius 3 is 2.30 bits per heavy atom. The lowest BCUT2D eigenvalue weighted by atomic mass is 10.1. The van der Waals surface area contributed by atoms with E-state index in [4.69, 9.17) is 21.1 Å². The SMILES string of the molecule is Cc1c(C(=O)OC(C)C)sc(NC(=O)/C=C/c2cccc(Cl)c2)c1C(=O)OC(C)C. The second-order valence-electron chi connectivity index (χ2n) is 7.05. The van der Waals surface area contributed by atoms with Crippen LogP contribution in [0.2, 0.25) is 5.02 Å². The Labute approximate surface area is 184 Å². The Balaban J connectivity index is 2.33. The lowest BCUT2D eigenvalue weighted by molar-refractivity contribution is -0.111. The lowest BCUT2D eigenvalue weighted by Gasteiger charge is -2.10. The summed E-state index contributed by atoms with van der Waals surface area (Å²) in [6.07, 6.45) is 2.25. The summed E-state index contributed by atoms with van der Waals surface area (Å²) >= 11 is 6.93. The third-order valence-corrected chi connectivity index (χ3v) is 5.16. The molecule has 1 aromatic heterocycles. The van der Waals surface area contributed by atoms with Crippen LogP contribution in [0.5, 0.6) is 0 Å². The highest BCUT2D eigenvalue weighted by molar-refractivity contribution is 7.18. The van der Waals surface area contributed by atoms with Crippen molar-refractivity contribution in [2.75, 3.05) is 5.32 Å². The standard InChI is InChI=1S/C22H24ClNO5S/c1-12(2)28-21(26)18-14(5)19(22(27)29-13(3)4)30-20(18)24-17(25)10-9-15-7-6-8-16(23)11-15/h6-13H,1-5H3,(H,24,25)/b10-9+. The number of amides is 1. The van der Waals surface area contributed by atoms with Crippen LogP contribution >= 0.6 is 22.9 Å². The number of halogens is 1. The molecular formula is C22H24ClNO5S. The monoisotopic (exact) mass is 449 g/mol. The summed E-state index contributed by atoms with van der Waals surface area (Å²) in [4.78, 5) is 37.7. The lowest BCUT2D eigenvalue weighted by Crippen LogP contribution is -2.16. The first-order valence-corrected chi connectivity index (χ1v) is 10.6. The molecule has 6 nitrogen and oxygen atoms in total. The molecule has 1 N–H and O–H groups in total. The average molecular weight is 450 g/mol. The number of thiophene rings is 1. The van der Waals surface area contributed by atoms with Crippen LogP contribution in [0.15, 0.2) is 30.3 Å². The zero-order chi connectivity index (χ0) is 22.4. The van der Waals surface area contributed by atoms with Crippen molar-refractivity contribution < 1.29 is 23.9 Å². The molecule has 0 atom stereocenters. The minimum atomic E-state index is -0.614. The molecule has 0 aliphatic heterocycles. The molecule has 0 saturated heterocycles. The van der Waals surface area contributed by atoms with E-state index in [1.54, 1.807) is 65.0 Å². The Bertz CT molecular complexity index is 978. The number of hydrogen-bond donors (Lipinski definition) is 1. The highest BCUT2D eigenvalue weighted by atomic mass is 35.5. The fourth-order valence-corrected chi connectivity index (χ4v) is 3.80. The second-order valence-corrected chi connectivity index (χ2v) is 8.50. The predicted octanol–water partition coefficient (Wildman–Crippen LogP) is 5.49. The molecule has 0 saturated carbocycles. The molecule has 160 valence electrons. The maximum Gasteiger partial charge on any atom is 0.348 e. The van der Waals surface area contributed by atoms with Gasteiger partial charge in [-0.25, -0.2) is 9.59 Å². The largest absolute Gasteiger partial charge is 0.459 e. The van der Waals surface area contributed by atoms with Crippen LogP contribution in [-0.2, 0) is 14.3 Å².